The Hall–Kier alpha value is -0.440. The first-order valence-corrected chi connectivity index (χ1v) is 8.03. The zero-order valence-corrected chi connectivity index (χ0v) is 13.4. The molecule has 0 aromatic rings. The summed E-state index contributed by atoms with van der Waals surface area (Å²) in [5.74, 6) is -1.03. The number of aliphatic hydroxyl groups is 8. The van der Waals surface area contributed by atoms with Crippen molar-refractivity contribution in [1.29, 1.82) is 0 Å². The Kier molecular flexibility index (Phi) is 7.49. The van der Waals surface area contributed by atoms with Gasteiger partial charge in [-0.2, -0.15) is 0 Å². The minimum absolute atomic E-state index is 0.176. The van der Waals surface area contributed by atoms with Crippen LogP contribution in [0.15, 0.2) is 0 Å². The van der Waals surface area contributed by atoms with Crippen LogP contribution in [0.25, 0.3) is 0 Å². The molecule has 0 saturated carbocycles. The SMILES string of the molecule is OCC1OC(OC2OC(CO)C(O)C(O)C2O)C(CO)C(O)CC1O. The van der Waals surface area contributed by atoms with E-state index >= 15 is 0 Å². The molecule has 2 rings (SSSR count). The minimum Gasteiger partial charge on any atom is -0.396 e. The standard InChI is InChI=1S/C14H26O11/c15-2-5-6(18)1-7(19)8(3-16)23-13(5)25-14-12(22)11(21)10(20)9(4-17)24-14/h5-22H,1-4H2. The summed E-state index contributed by atoms with van der Waals surface area (Å²) in [6.07, 6.45) is -12.8. The number of hydrogen-bond acceptors (Lipinski definition) is 11. The van der Waals surface area contributed by atoms with Crippen molar-refractivity contribution in [2.24, 2.45) is 5.92 Å². The first-order chi connectivity index (χ1) is 11.8. The predicted octanol–water partition coefficient (Wildman–Crippen LogP) is -4.76. The molecule has 2 aliphatic rings. The fraction of sp³-hybridized carbons (Fsp3) is 1.00. The third kappa shape index (κ3) is 4.46. The molecule has 8 N–H and O–H groups in total. The lowest BCUT2D eigenvalue weighted by atomic mass is 9.97. The van der Waals surface area contributed by atoms with Crippen molar-refractivity contribution >= 4 is 0 Å². The molecule has 2 saturated heterocycles. The number of rotatable bonds is 5. The first-order valence-electron chi connectivity index (χ1n) is 8.03. The van der Waals surface area contributed by atoms with Crippen molar-refractivity contribution in [2.45, 2.75) is 61.7 Å². The molecule has 2 fully saturated rings. The lowest BCUT2D eigenvalue weighted by Gasteiger charge is -2.41. The van der Waals surface area contributed by atoms with E-state index < -0.39 is 81.0 Å². The smallest absolute Gasteiger partial charge is 0.189 e. The van der Waals surface area contributed by atoms with Crippen LogP contribution in [0.4, 0.5) is 0 Å². The Bertz CT molecular complexity index is 408. The summed E-state index contributed by atoms with van der Waals surface area (Å²) < 4.78 is 16.0. The van der Waals surface area contributed by atoms with Crippen LogP contribution in [0.3, 0.4) is 0 Å². The summed E-state index contributed by atoms with van der Waals surface area (Å²) in [7, 11) is 0. The molecule has 148 valence electrons. The summed E-state index contributed by atoms with van der Waals surface area (Å²) >= 11 is 0. The molecule has 0 radical (unpaired) electrons. The van der Waals surface area contributed by atoms with Crippen LogP contribution >= 0.6 is 0 Å². The molecule has 0 bridgehead atoms. The van der Waals surface area contributed by atoms with Crippen molar-refractivity contribution < 1.29 is 55.1 Å². The van der Waals surface area contributed by atoms with Crippen molar-refractivity contribution in [1.82, 2.24) is 0 Å². The van der Waals surface area contributed by atoms with Gasteiger partial charge in [0, 0.05) is 6.42 Å². The van der Waals surface area contributed by atoms with Crippen LogP contribution in [-0.4, -0.2) is 116 Å². The van der Waals surface area contributed by atoms with Gasteiger partial charge < -0.3 is 55.1 Å². The van der Waals surface area contributed by atoms with E-state index in [-0.39, 0.29) is 6.42 Å². The summed E-state index contributed by atoms with van der Waals surface area (Å²) in [5.41, 5.74) is 0. The van der Waals surface area contributed by atoms with E-state index in [1.165, 1.54) is 0 Å². The van der Waals surface area contributed by atoms with Gasteiger partial charge >= 0.3 is 0 Å². The van der Waals surface area contributed by atoms with Gasteiger partial charge in [-0.25, -0.2) is 0 Å². The summed E-state index contributed by atoms with van der Waals surface area (Å²) in [5, 5.41) is 77.5. The van der Waals surface area contributed by atoms with Crippen LogP contribution in [0, 0.1) is 5.92 Å². The Morgan fingerprint density at radius 2 is 1.28 bits per heavy atom. The fourth-order valence-electron chi connectivity index (χ4n) is 2.94. The molecule has 0 aromatic carbocycles. The second-order valence-corrected chi connectivity index (χ2v) is 6.28. The topological polar surface area (TPSA) is 190 Å². The number of aliphatic hydroxyl groups excluding tert-OH is 8. The lowest BCUT2D eigenvalue weighted by molar-refractivity contribution is -0.353. The van der Waals surface area contributed by atoms with E-state index in [0.717, 1.165) is 0 Å². The molecule has 0 aromatic heterocycles. The molecular formula is C14H26O11. The molecule has 25 heavy (non-hydrogen) atoms. The van der Waals surface area contributed by atoms with E-state index in [2.05, 4.69) is 0 Å². The maximum Gasteiger partial charge on any atom is 0.189 e. The summed E-state index contributed by atoms with van der Waals surface area (Å²) in [6.45, 7) is -1.82. The molecule has 10 atom stereocenters. The molecule has 0 spiro atoms. The van der Waals surface area contributed by atoms with Crippen molar-refractivity contribution in [3.05, 3.63) is 0 Å². The van der Waals surface area contributed by atoms with Gasteiger partial charge in [0.05, 0.1) is 37.9 Å². The summed E-state index contributed by atoms with van der Waals surface area (Å²) in [6, 6.07) is 0. The van der Waals surface area contributed by atoms with Crippen LogP contribution in [0.1, 0.15) is 6.42 Å². The first kappa shape index (κ1) is 20.9. The second kappa shape index (κ2) is 8.97. The highest BCUT2D eigenvalue weighted by Gasteiger charge is 2.47. The number of ether oxygens (including phenoxy) is 3. The molecule has 0 amide bonds. The van der Waals surface area contributed by atoms with Gasteiger partial charge in [0.25, 0.3) is 0 Å². The Morgan fingerprint density at radius 3 is 1.84 bits per heavy atom. The largest absolute Gasteiger partial charge is 0.396 e. The van der Waals surface area contributed by atoms with Gasteiger partial charge in [-0.15, -0.1) is 0 Å². The molecule has 10 unspecified atom stereocenters. The third-order valence-electron chi connectivity index (χ3n) is 4.57. The van der Waals surface area contributed by atoms with Crippen molar-refractivity contribution in [3.8, 4) is 0 Å². The maximum atomic E-state index is 10.1. The zero-order chi connectivity index (χ0) is 18.7. The van der Waals surface area contributed by atoms with Crippen LogP contribution in [0.5, 0.6) is 0 Å². The van der Waals surface area contributed by atoms with E-state index in [4.69, 9.17) is 14.2 Å². The molecule has 11 heteroatoms. The van der Waals surface area contributed by atoms with E-state index in [9.17, 15) is 40.9 Å². The second-order valence-electron chi connectivity index (χ2n) is 6.28. The van der Waals surface area contributed by atoms with Crippen molar-refractivity contribution in [3.63, 3.8) is 0 Å². The molecule has 2 aliphatic heterocycles. The van der Waals surface area contributed by atoms with E-state index in [0.29, 0.717) is 0 Å². The molecule has 2 heterocycles. The molecular weight excluding hydrogens is 344 g/mol. The van der Waals surface area contributed by atoms with Gasteiger partial charge in [0.2, 0.25) is 0 Å². The number of hydrogen-bond donors (Lipinski definition) is 8. The van der Waals surface area contributed by atoms with E-state index in [1.807, 2.05) is 0 Å². The highest BCUT2D eigenvalue weighted by Crippen LogP contribution is 2.30. The Balaban J connectivity index is 2.16. The van der Waals surface area contributed by atoms with Gasteiger partial charge in [-0.05, 0) is 0 Å². The molecule has 0 aliphatic carbocycles. The Labute approximate surface area is 143 Å². The Morgan fingerprint density at radius 1 is 0.680 bits per heavy atom. The monoisotopic (exact) mass is 370 g/mol. The zero-order valence-electron chi connectivity index (χ0n) is 13.4. The van der Waals surface area contributed by atoms with Gasteiger partial charge in [0.1, 0.15) is 30.5 Å². The fourth-order valence-corrected chi connectivity index (χ4v) is 2.94. The normalized spacial score (nSPS) is 49.0. The predicted molar refractivity (Wildman–Crippen MR) is 77.8 cm³/mol. The lowest BCUT2D eigenvalue weighted by Crippen LogP contribution is -2.60. The minimum atomic E-state index is -1.70. The van der Waals surface area contributed by atoms with Crippen molar-refractivity contribution in [2.75, 3.05) is 19.8 Å². The van der Waals surface area contributed by atoms with E-state index in [1.54, 1.807) is 0 Å². The highest BCUT2D eigenvalue weighted by molar-refractivity contribution is 4.90. The molecule has 11 nitrogen and oxygen atoms in total. The average Bonchev–Trinajstić information content (AvgIpc) is 2.70. The van der Waals surface area contributed by atoms with Gasteiger partial charge in [-0.3, -0.25) is 0 Å². The van der Waals surface area contributed by atoms with Crippen LogP contribution in [-0.2, 0) is 14.2 Å². The average molecular weight is 370 g/mol. The maximum absolute atomic E-state index is 10.1. The third-order valence-corrected chi connectivity index (χ3v) is 4.57. The quantitative estimate of drug-likeness (QED) is 0.232. The van der Waals surface area contributed by atoms with Crippen LogP contribution < -0.4 is 0 Å². The highest BCUT2D eigenvalue weighted by atomic mass is 16.8. The van der Waals surface area contributed by atoms with Gasteiger partial charge in [0.15, 0.2) is 12.6 Å². The van der Waals surface area contributed by atoms with Gasteiger partial charge in [-0.1, -0.05) is 0 Å². The summed E-state index contributed by atoms with van der Waals surface area (Å²) in [4.78, 5) is 0. The van der Waals surface area contributed by atoms with Crippen LogP contribution in [0.2, 0.25) is 0 Å².